The molecule has 0 aromatic carbocycles. The van der Waals surface area contributed by atoms with Crippen LogP contribution < -0.4 is 11.1 Å². The Labute approximate surface area is 98.6 Å². The summed E-state index contributed by atoms with van der Waals surface area (Å²) in [6, 6.07) is 0. The Morgan fingerprint density at radius 2 is 2.33 bits per heavy atom. The van der Waals surface area contributed by atoms with Crippen molar-refractivity contribution < 1.29 is 0 Å². The fourth-order valence-corrected chi connectivity index (χ4v) is 1.99. The zero-order valence-electron chi connectivity index (χ0n) is 8.89. The smallest absolute Gasteiger partial charge is 0.140 e. The van der Waals surface area contributed by atoms with Crippen molar-refractivity contribution in [3.8, 4) is 0 Å². The van der Waals surface area contributed by atoms with Crippen LogP contribution in [0.4, 0.5) is 11.5 Å². The van der Waals surface area contributed by atoms with E-state index in [0.29, 0.717) is 0 Å². The summed E-state index contributed by atoms with van der Waals surface area (Å²) in [6.45, 7) is 2.99. The van der Waals surface area contributed by atoms with E-state index in [1.165, 1.54) is 19.3 Å². The number of nitrogens with one attached hydrogen (secondary N) is 1. The molecule has 4 heteroatoms. The maximum absolute atomic E-state index is 5.76. The van der Waals surface area contributed by atoms with E-state index >= 15 is 0 Å². The SMILES string of the molecule is Cc1c(N)cnc(NCCC2CC2)c1Br. The van der Waals surface area contributed by atoms with E-state index in [2.05, 4.69) is 26.2 Å². The first kappa shape index (κ1) is 10.7. The Balaban J connectivity index is 1.97. The molecule has 0 spiro atoms. The average molecular weight is 270 g/mol. The molecule has 2 rings (SSSR count). The number of anilines is 2. The van der Waals surface area contributed by atoms with Gasteiger partial charge in [-0.3, -0.25) is 0 Å². The summed E-state index contributed by atoms with van der Waals surface area (Å²) >= 11 is 3.51. The van der Waals surface area contributed by atoms with Crippen LogP contribution in [0, 0.1) is 12.8 Å². The molecule has 0 aliphatic heterocycles. The van der Waals surface area contributed by atoms with Gasteiger partial charge in [-0.15, -0.1) is 0 Å². The van der Waals surface area contributed by atoms with E-state index in [1.807, 2.05) is 6.92 Å². The van der Waals surface area contributed by atoms with E-state index in [-0.39, 0.29) is 0 Å². The minimum absolute atomic E-state index is 0.731. The zero-order chi connectivity index (χ0) is 10.8. The lowest BCUT2D eigenvalue weighted by atomic mass is 10.2. The molecule has 0 unspecified atom stereocenters. The maximum Gasteiger partial charge on any atom is 0.140 e. The van der Waals surface area contributed by atoms with Crippen LogP contribution in [0.5, 0.6) is 0 Å². The highest BCUT2D eigenvalue weighted by Gasteiger charge is 2.20. The predicted octanol–water partition coefficient (Wildman–Crippen LogP) is 2.95. The first-order valence-electron chi connectivity index (χ1n) is 5.33. The standard InChI is InChI=1S/C11H16BrN3/c1-7-9(13)6-15-11(10(7)12)14-5-4-8-2-3-8/h6,8H,2-5,13H2,1H3,(H,14,15). The lowest BCUT2D eigenvalue weighted by Crippen LogP contribution is -2.06. The molecule has 82 valence electrons. The number of hydrogen-bond donors (Lipinski definition) is 2. The van der Waals surface area contributed by atoms with Gasteiger partial charge < -0.3 is 11.1 Å². The highest BCUT2D eigenvalue weighted by Crippen LogP contribution is 2.33. The average Bonchev–Trinajstić information content (AvgIpc) is 3.02. The number of pyridine rings is 1. The van der Waals surface area contributed by atoms with Crippen molar-refractivity contribution >= 4 is 27.4 Å². The predicted molar refractivity (Wildman–Crippen MR) is 66.9 cm³/mol. The lowest BCUT2D eigenvalue weighted by molar-refractivity contribution is 0.758. The zero-order valence-corrected chi connectivity index (χ0v) is 10.5. The quantitative estimate of drug-likeness (QED) is 0.884. The molecule has 1 fully saturated rings. The number of nitrogens with zero attached hydrogens (tertiary/aromatic N) is 1. The van der Waals surface area contributed by atoms with Gasteiger partial charge in [0.1, 0.15) is 5.82 Å². The van der Waals surface area contributed by atoms with Gasteiger partial charge in [0, 0.05) is 6.54 Å². The van der Waals surface area contributed by atoms with Crippen LogP contribution in [-0.4, -0.2) is 11.5 Å². The van der Waals surface area contributed by atoms with E-state index < -0.39 is 0 Å². The van der Waals surface area contributed by atoms with Crippen LogP contribution in [0.2, 0.25) is 0 Å². The van der Waals surface area contributed by atoms with Crippen LogP contribution in [0.3, 0.4) is 0 Å². The van der Waals surface area contributed by atoms with Crippen LogP contribution in [0.25, 0.3) is 0 Å². The number of nitrogens with two attached hydrogens (primary N) is 1. The fraction of sp³-hybridized carbons (Fsp3) is 0.545. The van der Waals surface area contributed by atoms with Crippen molar-refractivity contribution in [1.29, 1.82) is 0 Å². The van der Waals surface area contributed by atoms with Gasteiger partial charge in [0.05, 0.1) is 16.4 Å². The summed E-state index contributed by atoms with van der Waals surface area (Å²) in [5.74, 6) is 1.86. The number of halogens is 1. The molecular weight excluding hydrogens is 254 g/mol. The van der Waals surface area contributed by atoms with Crippen molar-refractivity contribution in [2.24, 2.45) is 5.92 Å². The Bertz CT molecular complexity index is 361. The van der Waals surface area contributed by atoms with Crippen LogP contribution in [0.1, 0.15) is 24.8 Å². The van der Waals surface area contributed by atoms with Crippen molar-refractivity contribution in [3.05, 3.63) is 16.2 Å². The largest absolute Gasteiger partial charge is 0.397 e. The van der Waals surface area contributed by atoms with Crippen LogP contribution in [0.15, 0.2) is 10.7 Å². The molecule has 0 atom stereocenters. The Morgan fingerprint density at radius 1 is 1.60 bits per heavy atom. The Kier molecular flexibility index (Phi) is 3.14. The summed E-state index contributed by atoms with van der Waals surface area (Å²) in [6.07, 6.45) is 5.76. The van der Waals surface area contributed by atoms with E-state index in [0.717, 1.165) is 34.0 Å². The van der Waals surface area contributed by atoms with Gasteiger partial charge >= 0.3 is 0 Å². The third-order valence-corrected chi connectivity index (χ3v) is 3.82. The van der Waals surface area contributed by atoms with Gasteiger partial charge in [-0.25, -0.2) is 4.98 Å². The molecule has 3 nitrogen and oxygen atoms in total. The topological polar surface area (TPSA) is 50.9 Å². The van der Waals surface area contributed by atoms with Gasteiger partial charge in [-0.1, -0.05) is 12.8 Å². The van der Waals surface area contributed by atoms with Gasteiger partial charge in [-0.2, -0.15) is 0 Å². The van der Waals surface area contributed by atoms with Crippen LogP contribution >= 0.6 is 15.9 Å². The molecule has 1 aliphatic carbocycles. The normalized spacial score (nSPS) is 15.3. The molecule has 1 heterocycles. The number of rotatable bonds is 4. The second-order valence-corrected chi connectivity index (χ2v) is 4.95. The Hall–Kier alpha value is -0.770. The highest BCUT2D eigenvalue weighted by atomic mass is 79.9. The fourth-order valence-electron chi connectivity index (χ4n) is 1.52. The molecule has 0 bridgehead atoms. The third-order valence-electron chi connectivity index (χ3n) is 2.84. The molecule has 1 aromatic rings. The molecule has 3 N–H and O–H groups in total. The van der Waals surface area contributed by atoms with Gasteiger partial charge in [-0.05, 0) is 40.8 Å². The van der Waals surface area contributed by atoms with Crippen molar-refractivity contribution in [2.45, 2.75) is 26.2 Å². The second kappa shape index (κ2) is 4.39. The first-order chi connectivity index (χ1) is 7.18. The van der Waals surface area contributed by atoms with Crippen molar-refractivity contribution in [2.75, 3.05) is 17.6 Å². The lowest BCUT2D eigenvalue weighted by Gasteiger charge is -2.10. The van der Waals surface area contributed by atoms with E-state index in [4.69, 9.17) is 5.73 Å². The molecule has 0 radical (unpaired) electrons. The van der Waals surface area contributed by atoms with Gasteiger partial charge in [0.25, 0.3) is 0 Å². The molecular formula is C11H16BrN3. The minimum atomic E-state index is 0.731. The summed E-state index contributed by atoms with van der Waals surface area (Å²) in [5.41, 5.74) is 7.54. The summed E-state index contributed by atoms with van der Waals surface area (Å²) in [7, 11) is 0. The van der Waals surface area contributed by atoms with E-state index in [9.17, 15) is 0 Å². The van der Waals surface area contributed by atoms with Gasteiger partial charge in [0.2, 0.25) is 0 Å². The molecule has 15 heavy (non-hydrogen) atoms. The first-order valence-corrected chi connectivity index (χ1v) is 6.12. The second-order valence-electron chi connectivity index (χ2n) is 4.16. The van der Waals surface area contributed by atoms with Crippen LogP contribution in [-0.2, 0) is 0 Å². The molecule has 0 saturated heterocycles. The monoisotopic (exact) mass is 269 g/mol. The number of hydrogen-bond acceptors (Lipinski definition) is 3. The Morgan fingerprint density at radius 3 is 3.00 bits per heavy atom. The third kappa shape index (κ3) is 2.62. The van der Waals surface area contributed by atoms with Crippen molar-refractivity contribution in [3.63, 3.8) is 0 Å². The summed E-state index contributed by atoms with van der Waals surface area (Å²) in [4.78, 5) is 4.27. The maximum atomic E-state index is 5.76. The van der Waals surface area contributed by atoms with Crippen molar-refractivity contribution in [1.82, 2.24) is 4.98 Å². The summed E-state index contributed by atoms with van der Waals surface area (Å²) in [5, 5.41) is 3.34. The minimum Gasteiger partial charge on any atom is -0.397 e. The van der Waals surface area contributed by atoms with E-state index in [1.54, 1.807) is 6.20 Å². The molecule has 0 amide bonds. The van der Waals surface area contributed by atoms with Gasteiger partial charge in [0.15, 0.2) is 0 Å². The number of nitrogen functional groups attached to an aromatic ring is 1. The summed E-state index contributed by atoms with van der Waals surface area (Å²) < 4.78 is 0.985. The molecule has 1 saturated carbocycles. The molecule has 1 aromatic heterocycles. The highest BCUT2D eigenvalue weighted by molar-refractivity contribution is 9.10. The number of aromatic nitrogens is 1. The molecule has 1 aliphatic rings.